The summed E-state index contributed by atoms with van der Waals surface area (Å²) < 4.78 is 0. The van der Waals surface area contributed by atoms with Crippen LogP contribution in [0.4, 0.5) is 5.95 Å². The molecule has 0 bridgehead atoms. The molecule has 0 radical (unpaired) electrons. The molecule has 20 heavy (non-hydrogen) atoms. The lowest BCUT2D eigenvalue weighted by Crippen LogP contribution is -2.41. The monoisotopic (exact) mass is 271 g/mol. The van der Waals surface area contributed by atoms with Gasteiger partial charge >= 0.3 is 0 Å². The maximum Gasteiger partial charge on any atom is 0.223 e. The molecule has 4 heteroatoms. The Balaban J connectivity index is 1.70. The van der Waals surface area contributed by atoms with Crippen LogP contribution in [0.15, 0.2) is 30.5 Å². The lowest BCUT2D eigenvalue weighted by Gasteiger charge is -2.35. The number of aromatic nitrogens is 2. The van der Waals surface area contributed by atoms with Crippen LogP contribution in [-0.2, 0) is 0 Å². The third kappa shape index (κ3) is 2.90. The number of nitrogens with one attached hydrogen (secondary N) is 1. The number of hydrogen-bond acceptors (Lipinski definition) is 4. The zero-order chi connectivity index (χ0) is 14.0. The molecule has 4 nitrogen and oxygen atoms in total. The number of rotatable bonds is 3. The van der Waals surface area contributed by atoms with Gasteiger partial charge in [-0.2, -0.15) is 0 Å². The zero-order valence-electron chi connectivity index (χ0n) is 11.8. The van der Waals surface area contributed by atoms with Crippen LogP contribution >= 0.6 is 0 Å². The second-order valence-corrected chi connectivity index (χ2v) is 6.03. The average molecular weight is 271 g/mol. The molecule has 1 saturated carbocycles. The molecule has 2 N–H and O–H groups in total. The van der Waals surface area contributed by atoms with Gasteiger partial charge in [-0.1, -0.05) is 38.0 Å². The van der Waals surface area contributed by atoms with Gasteiger partial charge in [0.1, 0.15) is 0 Å². The van der Waals surface area contributed by atoms with Crippen LogP contribution in [0, 0.1) is 5.92 Å². The largest absolute Gasteiger partial charge is 0.388 e. The van der Waals surface area contributed by atoms with E-state index in [1.165, 1.54) is 6.42 Å². The van der Waals surface area contributed by atoms with Gasteiger partial charge in [-0.05, 0) is 24.8 Å². The predicted octanol–water partition coefficient (Wildman–Crippen LogP) is 2.98. The summed E-state index contributed by atoms with van der Waals surface area (Å²) in [5, 5.41) is 14.8. The Morgan fingerprint density at radius 1 is 1.40 bits per heavy atom. The molecule has 0 saturated heterocycles. The van der Waals surface area contributed by atoms with Gasteiger partial charge in [-0.25, -0.2) is 9.97 Å². The SMILES string of the molecule is CC1CCCC(O)(CNc2ncc3ccccc3n2)C1. The van der Waals surface area contributed by atoms with Crippen LogP contribution in [0.3, 0.4) is 0 Å². The maximum absolute atomic E-state index is 10.6. The molecule has 1 heterocycles. The Hall–Kier alpha value is -1.68. The van der Waals surface area contributed by atoms with Crippen molar-refractivity contribution in [2.75, 3.05) is 11.9 Å². The minimum atomic E-state index is -0.618. The predicted molar refractivity (Wildman–Crippen MR) is 80.6 cm³/mol. The van der Waals surface area contributed by atoms with E-state index >= 15 is 0 Å². The van der Waals surface area contributed by atoms with Gasteiger partial charge in [0.25, 0.3) is 0 Å². The van der Waals surface area contributed by atoms with Crippen LogP contribution in [0.5, 0.6) is 0 Å². The number of nitrogens with zero attached hydrogens (tertiary/aromatic N) is 2. The number of hydrogen-bond donors (Lipinski definition) is 2. The average Bonchev–Trinajstić information content (AvgIpc) is 2.45. The van der Waals surface area contributed by atoms with Gasteiger partial charge in [0.2, 0.25) is 5.95 Å². The number of benzene rings is 1. The Labute approximate surface area is 119 Å². The first-order valence-corrected chi connectivity index (χ1v) is 7.33. The third-order valence-electron chi connectivity index (χ3n) is 4.13. The summed E-state index contributed by atoms with van der Waals surface area (Å²) in [6.07, 6.45) is 5.84. The van der Waals surface area contributed by atoms with Crippen LogP contribution < -0.4 is 5.32 Å². The summed E-state index contributed by atoms with van der Waals surface area (Å²) in [7, 11) is 0. The number of fused-ring (bicyclic) bond motifs is 1. The van der Waals surface area contributed by atoms with Gasteiger partial charge < -0.3 is 10.4 Å². The van der Waals surface area contributed by atoms with Gasteiger partial charge in [-0.15, -0.1) is 0 Å². The first-order chi connectivity index (χ1) is 9.65. The van der Waals surface area contributed by atoms with Crippen molar-refractivity contribution in [2.45, 2.75) is 38.2 Å². The van der Waals surface area contributed by atoms with E-state index in [1.807, 2.05) is 30.5 Å². The van der Waals surface area contributed by atoms with Gasteiger partial charge in [-0.3, -0.25) is 0 Å². The van der Waals surface area contributed by atoms with Crippen molar-refractivity contribution in [3.8, 4) is 0 Å². The summed E-state index contributed by atoms with van der Waals surface area (Å²) in [6.45, 7) is 2.73. The lowest BCUT2D eigenvalue weighted by atomic mass is 9.79. The van der Waals surface area contributed by atoms with Gasteiger partial charge in [0, 0.05) is 18.1 Å². The molecule has 2 unspecified atom stereocenters. The summed E-state index contributed by atoms with van der Waals surface area (Å²) in [5.41, 5.74) is 0.307. The number of aliphatic hydroxyl groups is 1. The van der Waals surface area contributed by atoms with Crippen molar-refractivity contribution in [3.63, 3.8) is 0 Å². The third-order valence-corrected chi connectivity index (χ3v) is 4.13. The molecule has 1 aliphatic rings. The molecule has 2 atom stereocenters. The van der Waals surface area contributed by atoms with Crippen molar-refractivity contribution < 1.29 is 5.11 Å². The van der Waals surface area contributed by atoms with Crippen molar-refractivity contribution in [2.24, 2.45) is 5.92 Å². The first-order valence-electron chi connectivity index (χ1n) is 7.33. The quantitative estimate of drug-likeness (QED) is 0.901. The second-order valence-electron chi connectivity index (χ2n) is 6.03. The highest BCUT2D eigenvalue weighted by molar-refractivity contribution is 5.78. The van der Waals surface area contributed by atoms with Crippen LogP contribution in [0.2, 0.25) is 0 Å². The molecular weight excluding hydrogens is 250 g/mol. The van der Waals surface area contributed by atoms with E-state index in [0.717, 1.165) is 30.2 Å². The molecule has 0 aliphatic heterocycles. The minimum Gasteiger partial charge on any atom is -0.388 e. The minimum absolute atomic E-state index is 0.523. The van der Waals surface area contributed by atoms with Crippen LogP contribution in [0.25, 0.3) is 10.9 Å². The van der Waals surface area contributed by atoms with E-state index < -0.39 is 5.60 Å². The lowest BCUT2D eigenvalue weighted by molar-refractivity contribution is -0.000891. The summed E-state index contributed by atoms with van der Waals surface area (Å²) in [5.74, 6) is 1.18. The van der Waals surface area contributed by atoms with Crippen molar-refractivity contribution in [1.82, 2.24) is 9.97 Å². The molecule has 1 aromatic carbocycles. The van der Waals surface area contributed by atoms with E-state index in [-0.39, 0.29) is 0 Å². The molecule has 0 spiro atoms. The Kier molecular flexibility index (Phi) is 3.57. The molecule has 0 amide bonds. The second kappa shape index (κ2) is 5.37. The smallest absolute Gasteiger partial charge is 0.223 e. The fourth-order valence-electron chi connectivity index (χ4n) is 3.09. The topological polar surface area (TPSA) is 58.0 Å². The van der Waals surface area contributed by atoms with Crippen molar-refractivity contribution >= 4 is 16.9 Å². The molecule has 2 aromatic rings. The standard InChI is InChI=1S/C16H21N3O/c1-12-5-4-8-16(20,9-12)11-18-15-17-10-13-6-2-3-7-14(13)19-15/h2-3,6-7,10,12,20H,4-5,8-9,11H2,1H3,(H,17,18,19). The molecule has 3 rings (SSSR count). The fraction of sp³-hybridized carbons (Fsp3) is 0.500. The van der Waals surface area contributed by atoms with E-state index in [0.29, 0.717) is 18.4 Å². The highest BCUT2D eigenvalue weighted by Gasteiger charge is 2.32. The molecular formula is C16H21N3O. The van der Waals surface area contributed by atoms with Crippen molar-refractivity contribution in [3.05, 3.63) is 30.5 Å². The van der Waals surface area contributed by atoms with E-state index in [4.69, 9.17) is 0 Å². The Bertz CT molecular complexity index is 601. The van der Waals surface area contributed by atoms with Gasteiger partial charge in [0.15, 0.2) is 0 Å². The number of para-hydroxylation sites is 1. The van der Waals surface area contributed by atoms with E-state index in [9.17, 15) is 5.11 Å². The maximum atomic E-state index is 10.6. The molecule has 1 aliphatic carbocycles. The summed E-state index contributed by atoms with van der Waals surface area (Å²) in [4.78, 5) is 8.78. The molecule has 106 valence electrons. The number of anilines is 1. The highest BCUT2D eigenvalue weighted by Crippen LogP contribution is 2.32. The highest BCUT2D eigenvalue weighted by atomic mass is 16.3. The van der Waals surface area contributed by atoms with E-state index in [2.05, 4.69) is 22.2 Å². The summed E-state index contributed by atoms with van der Waals surface area (Å²) in [6, 6.07) is 7.91. The van der Waals surface area contributed by atoms with Crippen LogP contribution in [-0.4, -0.2) is 27.2 Å². The first kappa shape index (κ1) is 13.3. The normalized spacial score (nSPS) is 26.6. The van der Waals surface area contributed by atoms with Gasteiger partial charge in [0.05, 0.1) is 11.1 Å². The Morgan fingerprint density at radius 3 is 3.10 bits per heavy atom. The molecule has 1 aromatic heterocycles. The van der Waals surface area contributed by atoms with Crippen molar-refractivity contribution in [1.29, 1.82) is 0 Å². The zero-order valence-corrected chi connectivity index (χ0v) is 11.8. The molecule has 1 fully saturated rings. The fourth-order valence-corrected chi connectivity index (χ4v) is 3.09. The van der Waals surface area contributed by atoms with E-state index in [1.54, 1.807) is 0 Å². The Morgan fingerprint density at radius 2 is 2.25 bits per heavy atom. The van der Waals surface area contributed by atoms with Crippen LogP contribution in [0.1, 0.15) is 32.6 Å². The summed E-state index contributed by atoms with van der Waals surface area (Å²) >= 11 is 0.